The molecule has 0 atom stereocenters. The molecule has 0 bridgehead atoms. The molecular formula is C13H15ClOS. The van der Waals surface area contributed by atoms with E-state index >= 15 is 0 Å². The standard InChI is InChI=1S/C13H15ClOS/c1-11(15)12(6-5-9-14)10-16-13-7-3-2-4-8-13/h2-4,7-8,10H,5-6,9H2,1H3. The van der Waals surface area contributed by atoms with Crippen LogP contribution >= 0.6 is 23.4 Å². The minimum atomic E-state index is 0.133. The van der Waals surface area contributed by atoms with Gasteiger partial charge in [0.05, 0.1) is 0 Å². The maximum absolute atomic E-state index is 11.3. The number of hydrogen-bond donors (Lipinski definition) is 0. The number of carbonyl (C=O) groups excluding carboxylic acids is 1. The van der Waals surface area contributed by atoms with Gasteiger partial charge in [0.15, 0.2) is 5.78 Å². The van der Waals surface area contributed by atoms with Crippen LogP contribution in [0.3, 0.4) is 0 Å². The first-order chi connectivity index (χ1) is 7.74. The van der Waals surface area contributed by atoms with Gasteiger partial charge in [-0.15, -0.1) is 11.6 Å². The van der Waals surface area contributed by atoms with Crippen LogP contribution in [-0.4, -0.2) is 11.7 Å². The maximum Gasteiger partial charge on any atom is 0.156 e. The zero-order valence-electron chi connectivity index (χ0n) is 9.28. The van der Waals surface area contributed by atoms with Crippen LogP contribution in [0.25, 0.3) is 0 Å². The molecule has 0 spiro atoms. The normalized spacial score (nSPS) is 11.5. The first-order valence-electron chi connectivity index (χ1n) is 5.21. The molecule has 0 aromatic heterocycles. The maximum atomic E-state index is 11.3. The van der Waals surface area contributed by atoms with Crippen LogP contribution in [0.4, 0.5) is 0 Å². The van der Waals surface area contributed by atoms with Crippen LogP contribution in [0, 0.1) is 0 Å². The van der Waals surface area contributed by atoms with Gasteiger partial charge in [-0.25, -0.2) is 0 Å². The van der Waals surface area contributed by atoms with Crippen LogP contribution in [0.15, 0.2) is 46.2 Å². The number of carbonyl (C=O) groups is 1. The average molecular weight is 255 g/mol. The molecule has 86 valence electrons. The van der Waals surface area contributed by atoms with Crippen LogP contribution in [0.1, 0.15) is 19.8 Å². The summed E-state index contributed by atoms with van der Waals surface area (Å²) in [5.74, 6) is 0.731. The van der Waals surface area contributed by atoms with E-state index in [0.717, 1.165) is 23.3 Å². The Kier molecular flexibility index (Phi) is 6.27. The molecule has 0 N–H and O–H groups in total. The lowest BCUT2D eigenvalue weighted by molar-refractivity contribution is -0.113. The molecule has 16 heavy (non-hydrogen) atoms. The van der Waals surface area contributed by atoms with Gasteiger partial charge in [0.2, 0.25) is 0 Å². The van der Waals surface area contributed by atoms with Crippen molar-refractivity contribution in [3.8, 4) is 0 Å². The quantitative estimate of drug-likeness (QED) is 0.428. The number of allylic oxidation sites excluding steroid dienone is 1. The summed E-state index contributed by atoms with van der Waals surface area (Å²) in [6.45, 7) is 1.60. The smallest absolute Gasteiger partial charge is 0.156 e. The van der Waals surface area contributed by atoms with Gasteiger partial charge < -0.3 is 0 Å². The molecule has 0 saturated heterocycles. The van der Waals surface area contributed by atoms with Crippen LogP contribution in [-0.2, 0) is 4.79 Å². The molecule has 0 aliphatic rings. The van der Waals surface area contributed by atoms with Gasteiger partial charge in [0.25, 0.3) is 0 Å². The summed E-state index contributed by atoms with van der Waals surface area (Å²) in [6.07, 6.45) is 1.61. The van der Waals surface area contributed by atoms with Gasteiger partial charge >= 0.3 is 0 Å². The summed E-state index contributed by atoms with van der Waals surface area (Å²) in [5, 5.41) is 1.93. The first kappa shape index (κ1) is 13.3. The second-order valence-corrected chi connectivity index (χ2v) is 4.74. The molecule has 0 saturated carbocycles. The lowest BCUT2D eigenvalue weighted by atomic mass is 10.1. The third-order valence-electron chi connectivity index (χ3n) is 2.11. The molecule has 0 radical (unpaired) electrons. The van der Waals surface area contributed by atoms with Crippen molar-refractivity contribution in [2.75, 3.05) is 5.88 Å². The second kappa shape index (κ2) is 7.53. The van der Waals surface area contributed by atoms with Crippen molar-refractivity contribution < 1.29 is 4.79 Å². The van der Waals surface area contributed by atoms with Gasteiger partial charge in [-0.3, -0.25) is 4.79 Å². The van der Waals surface area contributed by atoms with E-state index < -0.39 is 0 Å². The molecule has 0 aliphatic heterocycles. The number of alkyl halides is 1. The number of Topliss-reactive ketones (excluding diaryl/α,β-unsaturated/α-hetero) is 1. The third kappa shape index (κ3) is 4.86. The molecule has 1 nitrogen and oxygen atoms in total. The topological polar surface area (TPSA) is 17.1 Å². The Morgan fingerprint density at radius 2 is 2.06 bits per heavy atom. The van der Waals surface area contributed by atoms with Crippen molar-refractivity contribution in [3.63, 3.8) is 0 Å². The Morgan fingerprint density at radius 3 is 2.62 bits per heavy atom. The molecule has 1 aromatic carbocycles. The van der Waals surface area contributed by atoms with Crippen LogP contribution in [0.2, 0.25) is 0 Å². The molecule has 0 fully saturated rings. The van der Waals surface area contributed by atoms with Gasteiger partial charge in [-0.05, 0) is 37.3 Å². The Bertz CT molecular complexity index is 359. The highest BCUT2D eigenvalue weighted by Crippen LogP contribution is 2.22. The predicted molar refractivity (Wildman–Crippen MR) is 71.0 cm³/mol. The summed E-state index contributed by atoms with van der Waals surface area (Å²) < 4.78 is 0. The Hall–Kier alpha value is -0.730. The van der Waals surface area contributed by atoms with Crippen LogP contribution < -0.4 is 0 Å². The number of rotatable bonds is 6. The average Bonchev–Trinajstić information content (AvgIpc) is 2.30. The minimum Gasteiger partial charge on any atom is -0.295 e. The van der Waals surface area contributed by atoms with Crippen molar-refractivity contribution in [2.45, 2.75) is 24.7 Å². The first-order valence-corrected chi connectivity index (χ1v) is 6.63. The monoisotopic (exact) mass is 254 g/mol. The SMILES string of the molecule is CC(=O)C(=CSc1ccccc1)CCCCl. The van der Waals surface area contributed by atoms with Gasteiger partial charge in [0.1, 0.15) is 0 Å². The number of halogens is 1. The summed E-state index contributed by atoms with van der Waals surface area (Å²) >= 11 is 7.20. The summed E-state index contributed by atoms with van der Waals surface area (Å²) in [4.78, 5) is 12.5. The minimum absolute atomic E-state index is 0.133. The predicted octanol–water partition coefficient (Wildman–Crippen LogP) is 4.27. The van der Waals surface area contributed by atoms with Crippen molar-refractivity contribution in [1.82, 2.24) is 0 Å². The zero-order valence-corrected chi connectivity index (χ0v) is 10.9. The van der Waals surface area contributed by atoms with E-state index in [1.807, 2.05) is 35.7 Å². The summed E-state index contributed by atoms with van der Waals surface area (Å²) in [5.41, 5.74) is 0.856. The molecule has 1 aromatic rings. The lowest BCUT2D eigenvalue weighted by Gasteiger charge is -2.02. The highest BCUT2D eigenvalue weighted by atomic mass is 35.5. The fourth-order valence-electron chi connectivity index (χ4n) is 1.21. The van der Waals surface area contributed by atoms with Gasteiger partial charge in [-0.2, -0.15) is 0 Å². The van der Waals surface area contributed by atoms with Gasteiger partial charge in [0, 0.05) is 16.3 Å². The molecule has 0 amide bonds. The largest absolute Gasteiger partial charge is 0.295 e. The van der Waals surface area contributed by atoms with Crippen molar-refractivity contribution in [3.05, 3.63) is 41.3 Å². The number of benzene rings is 1. The molecule has 3 heteroatoms. The van der Waals surface area contributed by atoms with E-state index in [1.54, 1.807) is 18.7 Å². The fraction of sp³-hybridized carbons (Fsp3) is 0.308. The zero-order chi connectivity index (χ0) is 11.8. The highest BCUT2D eigenvalue weighted by molar-refractivity contribution is 8.02. The molecule has 0 unspecified atom stereocenters. The molecular weight excluding hydrogens is 240 g/mol. The van der Waals surface area contributed by atoms with Crippen molar-refractivity contribution in [2.24, 2.45) is 0 Å². The van der Waals surface area contributed by atoms with Crippen LogP contribution in [0.5, 0.6) is 0 Å². The summed E-state index contributed by atoms with van der Waals surface area (Å²) in [7, 11) is 0. The van der Waals surface area contributed by atoms with E-state index in [9.17, 15) is 4.79 Å². The Balaban J connectivity index is 2.61. The van der Waals surface area contributed by atoms with E-state index in [2.05, 4.69) is 0 Å². The molecule has 0 heterocycles. The Labute approximate surface area is 106 Å². The van der Waals surface area contributed by atoms with E-state index in [-0.39, 0.29) is 5.78 Å². The third-order valence-corrected chi connectivity index (χ3v) is 3.33. The van der Waals surface area contributed by atoms with E-state index in [0.29, 0.717) is 5.88 Å². The Morgan fingerprint density at radius 1 is 1.38 bits per heavy atom. The van der Waals surface area contributed by atoms with Crippen molar-refractivity contribution in [1.29, 1.82) is 0 Å². The number of ketones is 1. The van der Waals surface area contributed by atoms with Crippen molar-refractivity contribution >= 4 is 29.1 Å². The second-order valence-electron chi connectivity index (χ2n) is 3.42. The highest BCUT2D eigenvalue weighted by Gasteiger charge is 2.03. The molecule has 1 rings (SSSR count). The lowest BCUT2D eigenvalue weighted by Crippen LogP contribution is -1.96. The number of thioether (sulfide) groups is 1. The van der Waals surface area contributed by atoms with E-state index in [1.165, 1.54) is 0 Å². The summed E-state index contributed by atoms with van der Waals surface area (Å²) in [6, 6.07) is 10.0. The molecule has 0 aliphatic carbocycles. The number of hydrogen-bond acceptors (Lipinski definition) is 2. The fourth-order valence-corrected chi connectivity index (χ4v) is 2.22. The van der Waals surface area contributed by atoms with Gasteiger partial charge in [-0.1, -0.05) is 30.0 Å². The van der Waals surface area contributed by atoms with E-state index in [4.69, 9.17) is 11.6 Å².